The maximum Gasteiger partial charge on any atom is 0.321 e. The van der Waals surface area contributed by atoms with Gasteiger partial charge in [-0.15, -0.1) is 0 Å². The van der Waals surface area contributed by atoms with Crippen LogP contribution in [0.4, 0.5) is 10.1 Å². The third-order valence-corrected chi connectivity index (χ3v) is 6.94. The molecule has 2 unspecified atom stereocenters. The van der Waals surface area contributed by atoms with Crippen LogP contribution in [0, 0.1) is 5.82 Å². The Morgan fingerprint density at radius 2 is 2.17 bits per heavy atom. The number of halogens is 1. The van der Waals surface area contributed by atoms with E-state index in [1.165, 1.54) is 24.4 Å². The first-order valence-electron chi connectivity index (χ1n) is 10.1. The normalized spacial score (nSPS) is 17.4. The first-order chi connectivity index (χ1) is 14.4. The third-order valence-electron chi connectivity index (χ3n) is 5.74. The molecule has 2 aromatic carbocycles. The van der Waals surface area contributed by atoms with Gasteiger partial charge in [-0.1, -0.05) is 18.2 Å². The second kappa shape index (κ2) is 8.45. The number of hydrogen-bond acceptors (Lipinski definition) is 5. The molecular formula is C22H27FN4O2S. The smallest absolute Gasteiger partial charge is 0.321 e. The summed E-state index contributed by atoms with van der Waals surface area (Å²) >= 11 is -1.39. The van der Waals surface area contributed by atoms with Crippen molar-refractivity contribution in [2.24, 2.45) is 0 Å². The minimum Gasteiger partial charge on any atom is -0.609 e. The Balaban J connectivity index is 1.68. The Hall–Kier alpha value is -2.29. The first-order valence-corrected chi connectivity index (χ1v) is 11.4. The molecule has 0 saturated carbocycles. The van der Waals surface area contributed by atoms with Gasteiger partial charge in [-0.05, 0) is 33.0 Å². The van der Waals surface area contributed by atoms with Crippen LogP contribution >= 0.6 is 0 Å². The van der Waals surface area contributed by atoms with E-state index in [9.17, 15) is 8.94 Å². The molecule has 6 nitrogen and oxygen atoms in total. The third kappa shape index (κ3) is 3.75. The molecule has 30 heavy (non-hydrogen) atoms. The fraction of sp³-hybridized carbons (Fsp3) is 0.409. The molecule has 160 valence electrons. The number of nitrogens with one attached hydrogen (secondary N) is 1. The lowest BCUT2D eigenvalue weighted by Gasteiger charge is -2.39. The number of anilines is 1. The van der Waals surface area contributed by atoms with Crippen LogP contribution in [0.15, 0.2) is 35.5 Å². The number of hydrogen-bond donors (Lipinski definition) is 1. The van der Waals surface area contributed by atoms with E-state index in [2.05, 4.69) is 46.9 Å². The summed E-state index contributed by atoms with van der Waals surface area (Å²) in [5.74, 6) is -0.00703. The van der Waals surface area contributed by atoms with E-state index in [-0.39, 0.29) is 5.75 Å². The van der Waals surface area contributed by atoms with Gasteiger partial charge in [0.25, 0.3) is 0 Å². The summed E-state index contributed by atoms with van der Waals surface area (Å²) in [5.41, 5.74) is 4.55. The molecule has 0 amide bonds. The van der Waals surface area contributed by atoms with Crippen LogP contribution in [0.5, 0.6) is 5.75 Å². The van der Waals surface area contributed by atoms with E-state index in [0.717, 1.165) is 25.1 Å². The number of aromatic nitrogens is 2. The summed E-state index contributed by atoms with van der Waals surface area (Å²) < 4.78 is 32.2. The Morgan fingerprint density at radius 1 is 1.37 bits per heavy atom. The number of H-pyrrole nitrogens is 1. The number of nitrogens with zero attached hydrogens (tertiary/aromatic N) is 3. The van der Waals surface area contributed by atoms with Crippen molar-refractivity contribution in [2.45, 2.75) is 30.3 Å². The number of ether oxygens (including phenoxy) is 1. The van der Waals surface area contributed by atoms with Crippen molar-refractivity contribution < 1.29 is 13.7 Å². The predicted molar refractivity (Wildman–Crippen MR) is 118 cm³/mol. The Labute approximate surface area is 179 Å². The van der Waals surface area contributed by atoms with Crippen LogP contribution in [0.25, 0.3) is 11.0 Å². The van der Waals surface area contributed by atoms with Gasteiger partial charge in [0, 0.05) is 53.7 Å². The van der Waals surface area contributed by atoms with Crippen molar-refractivity contribution in [3.8, 4) is 5.75 Å². The molecule has 0 saturated heterocycles. The van der Waals surface area contributed by atoms with Crippen molar-refractivity contribution in [1.29, 1.82) is 0 Å². The van der Waals surface area contributed by atoms with Crippen LogP contribution < -0.4 is 9.64 Å². The topological polar surface area (TPSA) is 67.4 Å². The molecule has 3 aromatic rings. The van der Waals surface area contributed by atoms with E-state index in [4.69, 9.17) is 4.74 Å². The van der Waals surface area contributed by atoms with Gasteiger partial charge in [-0.2, -0.15) is 4.98 Å². The summed E-state index contributed by atoms with van der Waals surface area (Å²) in [6.45, 7) is 4.02. The van der Waals surface area contributed by atoms with Crippen LogP contribution in [0.1, 0.15) is 30.5 Å². The molecule has 0 radical (unpaired) electrons. The van der Waals surface area contributed by atoms with Crippen molar-refractivity contribution in [3.63, 3.8) is 0 Å². The molecule has 8 heteroatoms. The highest BCUT2D eigenvalue weighted by molar-refractivity contribution is 7.90. The van der Waals surface area contributed by atoms with Crippen LogP contribution in [-0.2, 0) is 16.9 Å². The molecule has 0 bridgehead atoms. The average Bonchev–Trinajstić information content (AvgIpc) is 3.15. The highest BCUT2D eigenvalue weighted by atomic mass is 32.2. The summed E-state index contributed by atoms with van der Waals surface area (Å²) in [7, 11) is 5.62. The molecule has 2 heterocycles. The maximum atomic E-state index is 14.0. The lowest BCUT2D eigenvalue weighted by atomic mass is 9.93. The predicted octanol–water partition coefficient (Wildman–Crippen LogP) is 3.85. The van der Waals surface area contributed by atoms with E-state index in [1.807, 2.05) is 12.1 Å². The fourth-order valence-electron chi connectivity index (χ4n) is 4.24. The van der Waals surface area contributed by atoms with Gasteiger partial charge in [0.05, 0.1) is 18.1 Å². The van der Waals surface area contributed by atoms with Gasteiger partial charge >= 0.3 is 5.16 Å². The van der Waals surface area contributed by atoms with E-state index >= 15 is 0 Å². The molecule has 2 atom stereocenters. The molecule has 1 aliphatic rings. The fourth-order valence-corrected chi connectivity index (χ4v) is 5.32. The molecule has 0 fully saturated rings. The highest BCUT2D eigenvalue weighted by Gasteiger charge is 2.30. The monoisotopic (exact) mass is 430 g/mol. The number of rotatable bonds is 6. The molecule has 0 spiro atoms. The Morgan fingerprint density at radius 3 is 2.87 bits per heavy atom. The number of para-hydroxylation sites is 1. The summed E-state index contributed by atoms with van der Waals surface area (Å²) in [6, 6.07) is 9.45. The maximum absolute atomic E-state index is 14.0. The van der Waals surface area contributed by atoms with Gasteiger partial charge in [0.2, 0.25) is 0 Å². The molecule has 4 rings (SSSR count). The van der Waals surface area contributed by atoms with Crippen molar-refractivity contribution in [3.05, 3.63) is 47.3 Å². The lowest BCUT2D eigenvalue weighted by molar-refractivity contribution is 0.278. The van der Waals surface area contributed by atoms with E-state index in [1.54, 1.807) is 6.07 Å². The number of imidazole rings is 1. The SMILES string of the molecule is CCN1CCC(N(C)C)c2cccc(C[S+]([O-])c3nc4cc(F)c(OC)cc4[nH]3)c21. The van der Waals surface area contributed by atoms with E-state index < -0.39 is 17.0 Å². The van der Waals surface area contributed by atoms with Crippen molar-refractivity contribution in [2.75, 3.05) is 39.2 Å². The number of aromatic amines is 1. The largest absolute Gasteiger partial charge is 0.609 e. The minimum atomic E-state index is -1.39. The molecular weight excluding hydrogens is 403 g/mol. The number of benzene rings is 2. The summed E-state index contributed by atoms with van der Waals surface area (Å²) in [6.07, 6.45) is 1.07. The van der Waals surface area contributed by atoms with Crippen LogP contribution in [0.2, 0.25) is 0 Å². The Bertz CT molecular complexity index is 1060. The summed E-state index contributed by atoms with van der Waals surface area (Å²) in [5, 5.41) is 0.346. The minimum absolute atomic E-state index is 0.133. The molecule has 0 aliphatic carbocycles. The van der Waals surface area contributed by atoms with Crippen LogP contribution in [-0.4, -0.2) is 53.7 Å². The van der Waals surface area contributed by atoms with E-state index in [0.29, 0.717) is 28.0 Å². The zero-order valence-corrected chi connectivity index (χ0v) is 18.6. The second-order valence-electron chi connectivity index (χ2n) is 7.74. The number of fused-ring (bicyclic) bond motifs is 2. The molecule has 1 N–H and O–H groups in total. The zero-order valence-electron chi connectivity index (χ0n) is 17.7. The number of methoxy groups -OCH3 is 1. The average molecular weight is 431 g/mol. The van der Waals surface area contributed by atoms with Gasteiger partial charge in [-0.25, -0.2) is 4.39 Å². The van der Waals surface area contributed by atoms with Gasteiger partial charge in [0.1, 0.15) is 5.75 Å². The Kier molecular flexibility index (Phi) is 5.90. The standard InChI is InChI=1S/C22H27FN4O2S/c1-5-27-10-9-19(26(2)3)15-8-6-7-14(21(15)27)13-30(28)22-24-17-11-16(23)20(29-4)12-18(17)25-22/h6-8,11-12,19H,5,9-10,13H2,1-4H3,(H,24,25). The molecule has 1 aliphatic heterocycles. The van der Waals surface area contributed by atoms with Crippen molar-refractivity contribution in [1.82, 2.24) is 14.9 Å². The quantitative estimate of drug-likeness (QED) is 0.602. The van der Waals surface area contributed by atoms with Crippen LogP contribution in [0.3, 0.4) is 0 Å². The first kappa shape index (κ1) is 21.0. The lowest BCUT2D eigenvalue weighted by Crippen LogP contribution is -2.36. The van der Waals surface area contributed by atoms with Gasteiger partial charge in [0.15, 0.2) is 11.6 Å². The van der Waals surface area contributed by atoms with Gasteiger partial charge < -0.3 is 19.1 Å². The van der Waals surface area contributed by atoms with Crippen molar-refractivity contribution >= 4 is 27.9 Å². The second-order valence-corrected chi connectivity index (χ2v) is 9.10. The zero-order chi connectivity index (χ0) is 21.4. The highest BCUT2D eigenvalue weighted by Crippen LogP contribution is 2.39. The summed E-state index contributed by atoms with van der Waals surface area (Å²) in [4.78, 5) is 12.0. The molecule has 1 aromatic heterocycles. The van der Waals surface area contributed by atoms with Gasteiger partial charge in [-0.3, -0.25) is 4.98 Å².